The first-order chi connectivity index (χ1) is 12.2. The Morgan fingerprint density at radius 2 is 1.58 bits per heavy atom. The van der Waals surface area contributed by atoms with Gasteiger partial charge in [0.2, 0.25) is 0 Å². The molecule has 0 bridgehead atoms. The molecule has 4 rings (SSSR count). The van der Waals surface area contributed by atoms with Crippen LogP contribution in [0.4, 0.5) is 0 Å². The van der Waals surface area contributed by atoms with Crippen LogP contribution in [0.3, 0.4) is 0 Å². The van der Waals surface area contributed by atoms with Crippen molar-refractivity contribution in [3.8, 4) is 0 Å². The molecule has 1 unspecified atom stereocenters. The van der Waals surface area contributed by atoms with Gasteiger partial charge in [0.25, 0.3) is 0 Å². The quantitative estimate of drug-likeness (QED) is 0.564. The maximum absolute atomic E-state index is 13.7. The number of aromatic amines is 1. The van der Waals surface area contributed by atoms with E-state index in [0.717, 1.165) is 48.2 Å². The first-order valence-electron chi connectivity index (χ1n) is 8.73. The minimum Gasteiger partial charge on any atom is -0.379 e. The number of thioether (sulfide) groups is 4. The van der Waals surface area contributed by atoms with Gasteiger partial charge in [-0.05, 0) is 17.9 Å². The molecule has 0 radical (unpaired) electrons. The van der Waals surface area contributed by atoms with E-state index in [-0.39, 0.29) is 11.2 Å². The lowest BCUT2D eigenvalue weighted by molar-refractivity contribution is 0.0812. The first-order valence-corrected chi connectivity index (χ1v) is 12.7. The summed E-state index contributed by atoms with van der Waals surface area (Å²) in [6.45, 7) is 8.18. The number of rotatable bonds is 0. The Morgan fingerprint density at radius 1 is 1.04 bits per heavy atom. The Kier molecular flexibility index (Phi) is 4.92. The molecule has 1 atom stereocenters. The van der Waals surface area contributed by atoms with Crippen molar-refractivity contribution in [2.75, 3.05) is 23.0 Å². The van der Waals surface area contributed by atoms with Crippen molar-refractivity contribution in [2.24, 2.45) is 0 Å². The average molecular weight is 426 g/mol. The van der Waals surface area contributed by atoms with E-state index in [4.69, 9.17) is 0 Å². The number of hydrogen-bond donors (Lipinski definition) is 2. The van der Waals surface area contributed by atoms with Crippen LogP contribution >= 0.6 is 47.0 Å². The monoisotopic (exact) mass is 425 g/mol. The highest BCUT2D eigenvalue weighted by atomic mass is 32.2. The van der Waals surface area contributed by atoms with Crippen molar-refractivity contribution >= 4 is 52.8 Å². The first kappa shape index (κ1) is 19.1. The molecule has 26 heavy (non-hydrogen) atoms. The van der Waals surface area contributed by atoms with Gasteiger partial charge >= 0.3 is 0 Å². The summed E-state index contributed by atoms with van der Waals surface area (Å²) in [7, 11) is 0. The summed E-state index contributed by atoms with van der Waals surface area (Å²) in [6, 6.07) is 0. The summed E-state index contributed by atoms with van der Waals surface area (Å²) < 4.78 is 2.19. The molecule has 0 spiro atoms. The summed E-state index contributed by atoms with van der Waals surface area (Å²) in [4.78, 5) is 17.0. The van der Waals surface area contributed by atoms with E-state index >= 15 is 0 Å². The Morgan fingerprint density at radius 3 is 2.12 bits per heavy atom. The Balaban J connectivity index is 2.03. The summed E-state index contributed by atoms with van der Waals surface area (Å²) in [5.41, 5.74) is 2.54. The van der Waals surface area contributed by atoms with E-state index in [2.05, 4.69) is 25.8 Å². The van der Waals surface area contributed by atoms with Gasteiger partial charge in [0.15, 0.2) is 5.78 Å². The van der Waals surface area contributed by atoms with E-state index in [1.807, 2.05) is 13.1 Å². The lowest BCUT2D eigenvalue weighted by atomic mass is 9.74. The van der Waals surface area contributed by atoms with Gasteiger partial charge in [-0.2, -0.15) is 0 Å². The third kappa shape index (κ3) is 2.94. The third-order valence-corrected chi connectivity index (χ3v) is 10.3. The second-order valence-electron chi connectivity index (χ2n) is 7.82. The van der Waals surface area contributed by atoms with E-state index in [0.29, 0.717) is 11.3 Å². The number of ketones is 1. The fraction of sp³-hybridized carbons (Fsp3) is 0.526. The summed E-state index contributed by atoms with van der Waals surface area (Å²) in [5.74, 6) is 4.18. The molecule has 0 aromatic carbocycles. The van der Waals surface area contributed by atoms with Gasteiger partial charge in [0, 0.05) is 39.0 Å². The normalized spacial score (nSPS) is 26.9. The van der Waals surface area contributed by atoms with Crippen LogP contribution in [0, 0.1) is 0 Å². The van der Waals surface area contributed by atoms with Crippen molar-refractivity contribution in [2.45, 2.75) is 38.7 Å². The third-order valence-electron chi connectivity index (χ3n) is 4.87. The van der Waals surface area contributed by atoms with Gasteiger partial charge in [-0.1, -0.05) is 20.8 Å². The molecule has 0 saturated carbocycles. The smallest absolute Gasteiger partial charge is 0.197 e. The predicted octanol–water partition coefficient (Wildman–Crippen LogP) is 5.10. The Bertz CT molecular complexity index is 826. The Labute approximate surface area is 171 Å². The molecule has 3 nitrogen and oxygen atoms in total. The molecule has 1 aromatic heterocycles. The van der Waals surface area contributed by atoms with Crippen molar-refractivity contribution in [1.82, 2.24) is 4.98 Å². The molecule has 3 aliphatic rings. The van der Waals surface area contributed by atoms with Crippen LogP contribution in [0.15, 0.2) is 25.8 Å². The zero-order chi connectivity index (χ0) is 18.7. The molecule has 2 aliphatic heterocycles. The Hall–Kier alpha value is -0.210. The van der Waals surface area contributed by atoms with Crippen LogP contribution in [-0.4, -0.2) is 38.9 Å². The van der Waals surface area contributed by atoms with Gasteiger partial charge in [-0.15, -0.1) is 47.0 Å². The topological polar surface area (TPSA) is 53.1 Å². The SMILES string of the molecule is CC(C)(C)c1c[nH]c2c1C(=O)C(=C1SCCS1)C(=C1SCCS1)C2(C)O. The molecule has 1 aromatic rings. The number of H-pyrrole nitrogens is 1. The number of aliphatic hydroxyl groups is 1. The number of hydrogen-bond acceptors (Lipinski definition) is 6. The van der Waals surface area contributed by atoms with Crippen molar-refractivity contribution in [3.63, 3.8) is 0 Å². The van der Waals surface area contributed by atoms with Crippen LogP contribution < -0.4 is 0 Å². The maximum Gasteiger partial charge on any atom is 0.197 e. The maximum atomic E-state index is 13.7. The molecular formula is C19H23NO2S4. The molecule has 3 heterocycles. The fourth-order valence-electron chi connectivity index (χ4n) is 3.65. The van der Waals surface area contributed by atoms with Crippen molar-refractivity contribution in [3.05, 3.63) is 42.6 Å². The minimum atomic E-state index is -1.18. The van der Waals surface area contributed by atoms with Crippen LogP contribution in [-0.2, 0) is 11.0 Å². The summed E-state index contributed by atoms with van der Waals surface area (Å²) >= 11 is 7.04. The molecule has 1 aliphatic carbocycles. The van der Waals surface area contributed by atoms with Gasteiger partial charge < -0.3 is 10.1 Å². The number of fused-ring (bicyclic) bond motifs is 1. The number of Topliss-reactive ketones (excluding diaryl/α,β-unsaturated/α-hetero) is 1. The molecule has 2 saturated heterocycles. The molecule has 2 N–H and O–H groups in total. The van der Waals surface area contributed by atoms with E-state index in [9.17, 15) is 9.90 Å². The van der Waals surface area contributed by atoms with Crippen LogP contribution in [0.5, 0.6) is 0 Å². The predicted molar refractivity (Wildman–Crippen MR) is 117 cm³/mol. The largest absolute Gasteiger partial charge is 0.379 e. The molecule has 140 valence electrons. The minimum absolute atomic E-state index is 0.0743. The highest BCUT2D eigenvalue weighted by Crippen LogP contribution is 2.55. The lowest BCUT2D eigenvalue weighted by Gasteiger charge is -2.35. The zero-order valence-electron chi connectivity index (χ0n) is 15.4. The number of carbonyl (C=O) groups is 1. The number of nitrogens with one attached hydrogen (secondary N) is 1. The van der Waals surface area contributed by atoms with Crippen LogP contribution in [0.1, 0.15) is 49.3 Å². The second kappa shape index (κ2) is 6.69. The van der Waals surface area contributed by atoms with Gasteiger partial charge in [0.1, 0.15) is 5.60 Å². The fourth-order valence-corrected chi connectivity index (χ4v) is 8.96. The number of carbonyl (C=O) groups excluding carboxylic acids is 1. The van der Waals surface area contributed by atoms with Crippen LogP contribution in [0.25, 0.3) is 0 Å². The van der Waals surface area contributed by atoms with E-state index in [1.54, 1.807) is 47.0 Å². The van der Waals surface area contributed by atoms with Gasteiger partial charge in [0.05, 0.1) is 21.1 Å². The van der Waals surface area contributed by atoms with Gasteiger partial charge in [-0.3, -0.25) is 4.79 Å². The van der Waals surface area contributed by atoms with Crippen LogP contribution in [0.2, 0.25) is 0 Å². The average Bonchev–Trinajstić information content (AvgIpc) is 3.30. The number of aromatic nitrogens is 1. The standard InChI is InChI=1S/C19H23NO2S4/c1-18(2,3)10-9-20-15-11(10)14(21)12(16-23-5-6-24-16)13(19(15,4)22)17-25-7-8-26-17/h9,20,22H,5-8H2,1-4H3. The van der Waals surface area contributed by atoms with E-state index in [1.165, 1.54) is 0 Å². The highest BCUT2D eigenvalue weighted by Gasteiger charge is 2.48. The van der Waals surface area contributed by atoms with Crippen molar-refractivity contribution < 1.29 is 9.90 Å². The lowest BCUT2D eigenvalue weighted by Crippen LogP contribution is -2.36. The zero-order valence-corrected chi connectivity index (χ0v) is 18.7. The van der Waals surface area contributed by atoms with Crippen molar-refractivity contribution in [1.29, 1.82) is 0 Å². The molecule has 7 heteroatoms. The van der Waals surface area contributed by atoms with Gasteiger partial charge in [-0.25, -0.2) is 0 Å². The van der Waals surface area contributed by atoms with E-state index < -0.39 is 5.60 Å². The molecule has 2 fully saturated rings. The second-order valence-corrected chi connectivity index (χ2v) is 12.8. The summed E-state index contributed by atoms with van der Waals surface area (Å²) in [6.07, 6.45) is 1.91. The molecule has 0 amide bonds. The summed E-state index contributed by atoms with van der Waals surface area (Å²) in [5, 5.41) is 11.7. The highest BCUT2D eigenvalue weighted by molar-refractivity contribution is 8.25. The molecular weight excluding hydrogens is 402 g/mol.